The summed E-state index contributed by atoms with van der Waals surface area (Å²) in [5, 5.41) is 3.46. The topological polar surface area (TPSA) is 76.6 Å². The molecule has 174 valence electrons. The van der Waals surface area contributed by atoms with Gasteiger partial charge in [-0.05, 0) is 67.7 Å². The summed E-state index contributed by atoms with van der Waals surface area (Å²) in [5.74, 6) is 1.22. The molecule has 3 atom stereocenters. The van der Waals surface area contributed by atoms with Gasteiger partial charge in [-0.3, -0.25) is 0 Å². The number of alkyl halides is 1. The maximum Gasteiger partial charge on any atom is 0.411 e. The first-order chi connectivity index (χ1) is 15.3. The number of nitrogens with one attached hydrogen (secondary N) is 1. The van der Waals surface area contributed by atoms with Crippen LogP contribution in [0, 0.1) is 0 Å². The van der Waals surface area contributed by atoms with Crippen LogP contribution in [0.15, 0.2) is 42.7 Å². The molecule has 2 heterocycles. The molecule has 0 bridgehead atoms. The van der Waals surface area contributed by atoms with Gasteiger partial charge in [0.25, 0.3) is 0 Å². The Bertz CT molecular complexity index is 844. The SMILES string of the molecule is CC[C@@H]1C[C@H](Nc2ncc(OCc3ccccc3)cn2)C[C@H](CC)N1C(=O)OC(C)(C)I. The predicted octanol–water partition coefficient (Wildman–Crippen LogP) is 5.80. The van der Waals surface area contributed by atoms with E-state index in [9.17, 15) is 4.79 Å². The highest BCUT2D eigenvalue weighted by atomic mass is 127. The molecule has 0 unspecified atom stereocenters. The Kier molecular flexibility index (Phi) is 8.56. The van der Waals surface area contributed by atoms with Crippen molar-refractivity contribution in [1.82, 2.24) is 14.9 Å². The Hall–Kier alpha value is -2.10. The summed E-state index contributed by atoms with van der Waals surface area (Å²) < 4.78 is 10.9. The number of piperidine rings is 1. The molecule has 7 nitrogen and oxygen atoms in total. The first kappa shape index (κ1) is 24.5. The Balaban J connectivity index is 1.59. The van der Waals surface area contributed by atoms with Crippen molar-refractivity contribution in [2.24, 2.45) is 0 Å². The van der Waals surface area contributed by atoms with Crippen molar-refractivity contribution in [3.63, 3.8) is 0 Å². The molecule has 32 heavy (non-hydrogen) atoms. The molecule has 1 aliphatic rings. The van der Waals surface area contributed by atoms with Crippen molar-refractivity contribution in [1.29, 1.82) is 0 Å². The van der Waals surface area contributed by atoms with Gasteiger partial charge in [0.1, 0.15) is 6.61 Å². The fourth-order valence-electron chi connectivity index (χ4n) is 4.07. The smallest absolute Gasteiger partial charge is 0.411 e. The van der Waals surface area contributed by atoms with E-state index in [1.807, 2.05) is 49.1 Å². The van der Waals surface area contributed by atoms with Crippen molar-refractivity contribution in [3.05, 3.63) is 48.3 Å². The summed E-state index contributed by atoms with van der Waals surface area (Å²) in [7, 11) is 0. The number of hydrogen-bond acceptors (Lipinski definition) is 6. The van der Waals surface area contributed by atoms with Crippen LogP contribution in [0.1, 0.15) is 58.9 Å². The summed E-state index contributed by atoms with van der Waals surface area (Å²) >= 11 is 2.15. The maximum absolute atomic E-state index is 12.9. The Morgan fingerprint density at radius 1 is 1.12 bits per heavy atom. The van der Waals surface area contributed by atoms with Crippen LogP contribution in [-0.4, -0.2) is 42.7 Å². The van der Waals surface area contributed by atoms with E-state index < -0.39 is 3.61 Å². The van der Waals surface area contributed by atoms with Crippen molar-refractivity contribution in [2.45, 2.75) is 81.7 Å². The third kappa shape index (κ3) is 6.95. The molecule has 0 spiro atoms. The van der Waals surface area contributed by atoms with Crippen molar-refractivity contribution in [2.75, 3.05) is 5.32 Å². The van der Waals surface area contributed by atoms with Crippen LogP contribution in [0.3, 0.4) is 0 Å². The monoisotopic (exact) mass is 552 g/mol. The van der Waals surface area contributed by atoms with E-state index in [0.717, 1.165) is 31.2 Å². The van der Waals surface area contributed by atoms with Crippen LogP contribution in [0.4, 0.5) is 10.7 Å². The highest BCUT2D eigenvalue weighted by Crippen LogP contribution is 2.31. The lowest BCUT2D eigenvalue weighted by molar-refractivity contribution is 0.0210. The highest BCUT2D eigenvalue weighted by molar-refractivity contribution is 14.1. The summed E-state index contributed by atoms with van der Waals surface area (Å²) in [4.78, 5) is 23.7. The Morgan fingerprint density at radius 2 is 1.72 bits per heavy atom. The van der Waals surface area contributed by atoms with Crippen LogP contribution in [0.5, 0.6) is 5.75 Å². The Labute approximate surface area is 204 Å². The number of benzene rings is 1. The lowest BCUT2D eigenvalue weighted by Crippen LogP contribution is -2.55. The fraction of sp³-hybridized carbons (Fsp3) is 0.542. The molecule has 0 saturated carbocycles. The highest BCUT2D eigenvalue weighted by Gasteiger charge is 2.39. The number of anilines is 1. The van der Waals surface area contributed by atoms with E-state index in [4.69, 9.17) is 9.47 Å². The first-order valence-electron chi connectivity index (χ1n) is 11.2. The number of likely N-dealkylation sites (tertiary alicyclic amines) is 1. The van der Waals surface area contributed by atoms with E-state index in [-0.39, 0.29) is 24.2 Å². The van der Waals surface area contributed by atoms with E-state index in [1.165, 1.54) is 0 Å². The fourth-order valence-corrected chi connectivity index (χ4v) is 4.26. The molecule has 0 radical (unpaired) electrons. The van der Waals surface area contributed by atoms with E-state index in [2.05, 4.69) is 51.7 Å². The zero-order valence-electron chi connectivity index (χ0n) is 19.3. The zero-order valence-corrected chi connectivity index (χ0v) is 21.4. The third-order valence-corrected chi connectivity index (χ3v) is 5.81. The van der Waals surface area contributed by atoms with Gasteiger partial charge in [0, 0.05) is 18.1 Å². The molecule has 1 aromatic heterocycles. The van der Waals surface area contributed by atoms with Gasteiger partial charge in [-0.15, -0.1) is 0 Å². The van der Waals surface area contributed by atoms with Gasteiger partial charge in [-0.2, -0.15) is 0 Å². The molecule has 1 N–H and O–H groups in total. The molecular formula is C24H33IN4O3. The predicted molar refractivity (Wildman–Crippen MR) is 134 cm³/mol. The third-order valence-electron chi connectivity index (χ3n) is 5.59. The number of aromatic nitrogens is 2. The number of carbonyl (C=O) groups is 1. The summed E-state index contributed by atoms with van der Waals surface area (Å²) in [5.41, 5.74) is 1.10. The number of amides is 1. The minimum absolute atomic E-state index is 0.117. The van der Waals surface area contributed by atoms with Gasteiger partial charge in [0.05, 0.1) is 12.4 Å². The summed E-state index contributed by atoms with van der Waals surface area (Å²) in [6.45, 7) is 8.50. The normalized spacial score (nSPS) is 21.2. The van der Waals surface area contributed by atoms with Crippen LogP contribution in [0.2, 0.25) is 0 Å². The molecule has 1 amide bonds. The van der Waals surface area contributed by atoms with Crippen molar-refractivity contribution >= 4 is 34.6 Å². The average molecular weight is 552 g/mol. The summed E-state index contributed by atoms with van der Waals surface area (Å²) in [6.07, 6.45) is 6.58. The maximum atomic E-state index is 12.9. The lowest BCUT2D eigenvalue weighted by atomic mass is 9.89. The van der Waals surface area contributed by atoms with Crippen LogP contribution < -0.4 is 10.1 Å². The van der Waals surface area contributed by atoms with Gasteiger partial charge in [0.2, 0.25) is 5.95 Å². The zero-order chi connectivity index (χ0) is 23.1. The molecule has 1 saturated heterocycles. The van der Waals surface area contributed by atoms with Gasteiger partial charge in [-0.1, -0.05) is 44.2 Å². The van der Waals surface area contributed by atoms with Gasteiger partial charge in [-0.25, -0.2) is 14.8 Å². The van der Waals surface area contributed by atoms with E-state index >= 15 is 0 Å². The largest absolute Gasteiger partial charge is 0.486 e. The number of rotatable bonds is 8. The number of ether oxygens (including phenoxy) is 2. The lowest BCUT2D eigenvalue weighted by Gasteiger charge is -2.45. The average Bonchev–Trinajstić information content (AvgIpc) is 2.77. The van der Waals surface area contributed by atoms with Crippen molar-refractivity contribution in [3.8, 4) is 5.75 Å². The van der Waals surface area contributed by atoms with Gasteiger partial charge in [0.15, 0.2) is 9.36 Å². The van der Waals surface area contributed by atoms with Crippen molar-refractivity contribution < 1.29 is 14.3 Å². The van der Waals surface area contributed by atoms with Gasteiger partial charge >= 0.3 is 6.09 Å². The number of hydrogen-bond donors (Lipinski definition) is 1. The number of carbonyl (C=O) groups excluding carboxylic acids is 1. The number of nitrogens with zero attached hydrogens (tertiary/aromatic N) is 3. The summed E-state index contributed by atoms with van der Waals surface area (Å²) in [6, 6.07) is 10.4. The molecular weight excluding hydrogens is 519 g/mol. The van der Waals surface area contributed by atoms with Gasteiger partial charge < -0.3 is 19.7 Å². The molecule has 3 rings (SSSR count). The molecule has 0 aliphatic carbocycles. The number of halogens is 1. The van der Waals surface area contributed by atoms with E-state index in [1.54, 1.807) is 12.4 Å². The quantitative estimate of drug-likeness (QED) is 0.330. The van der Waals surface area contributed by atoms with Crippen LogP contribution in [0.25, 0.3) is 0 Å². The van der Waals surface area contributed by atoms with E-state index in [0.29, 0.717) is 18.3 Å². The molecule has 2 aromatic rings. The molecule has 8 heteroatoms. The molecule has 1 fully saturated rings. The first-order valence-corrected chi connectivity index (χ1v) is 12.3. The molecule has 1 aromatic carbocycles. The second-order valence-corrected chi connectivity index (χ2v) is 11.2. The second kappa shape index (κ2) is 11.2. The van der Waals surface area contributed by atoms with Crippen LogP contribution >= 0.6 is 22.6 Å². The Morgan fingerprint density at radius 3 is 2.25 bits per heavy atom. The standard InChI is InChI=1S/C24H33IN4O3/c1-5-19-12-18(13-20(6-2)29(19)23(30)32-24(3,4)25)28-22-26-14-21(15-27-22)31-16-17-10-8-7-9-11-17/h7-11,14-15,18-20H,5-6,12-13,16H2,1-4H3,(H,26,27,28)/t18-,19+,20-. The minimum Gasteiger partial charge on any atom is -0.486 e. The molecule has 1 aliphatic heterocycles. The minimum atomic E-state index is -0.529. The van der Waals surface area contributed by atoms with Crippen LogP contribution in [-0.2, 0) is 11.3 Å². The second-order valence-electron chi connectivity index (χ2n) is 8.59.